The Morgan fingerprint density at radius 1 is 1.33 bits per heavy atom. The molecule has 2 rings (SSSR count). The number of rotatable bonds is 3. The molecule has 0 aliphatic heterocycles. The summed E-state index contributed by atoms with van der Waals surface area (Å²) in [5.74, 6) is -0.0443. The van der Waals surface area contributed by atoms with Crippen LogP contribution >= 0.6 is 15.9 Å². The van der Waals surface area contributed by atoms with Gasteiger partial charge in [-0.3, -0.25) is 0 Å². The minimum Gasteiger partial charge on any atom is -0.473 e. The van der Waals surface area contributed by atoms with E-state index in [1.54, 1.807) is 24.3 Å². The van der Waals surface area contributed by atoms with E-state index in [0.29, 0.717) is 16.0 Å². The maximum absolute atomic E-state index is 13.6. The number of nitriles is 1. The molecule has 0 N–H and O–H groups in total. The number of aromatic nitrogens is 1. The molecule has 5 heteroatoms. The summed E-state index contributed by atoms with van der Waals surface area (Å²) in [6.07, 6.45) is 0. The summed E-state index contributed by atoms with van der Waals surface area (Å²) in [6, 6.07) is 11.4. The normalized spacial score (nSPS) is 9.83. The number of nitrogens with zero attached hydrogens (tertiary/aromatic N) is 2. The minimum absolute atomic E-state index is 0.0704. The van der Waals surface area contributed by atoms with Crippen LogP contribution in [0.25, 0.3) is 0 Å². The summed E-state index contributed by atoms with van der Waals surface area (Å²) < 4.78 is 19.6. The first-order valence-electron chi connectivity index (χ1n) is 5.13. The van der Waals surface area contributed by atoms with Crippen LogP contribution in [-0.2, 0) is 6.61 Å². The highest BCUT2D eigenvalue weighted by molar-refractivity contribution is 9.10. The largest absolute Gasteiger partial charge is 0.473 e. The molecule has 1 aromatic carbocycles. The molecule has 0 unspecified atom stereocenters. The summed E-state index contributed by atoms with van der Waals surface area (Å²) in [6.45, 7) is 0.0704. The van der Waals surface area contributed by atoms with Gasteiger partial charge in [-0.25, -0.2) is 9.37 Å². The van der Waals surface area contributed by atoms with Crippen molar-refractivity contribution in [2.24, 2.45) is 0 Å². The van der Waals surface area contributed by atoms with E-state index in [-0.39, 0.29) is 12.2 Å². The third kappa shape index (κ3) is 3.05. The molecule has 18 heavy (non-hydrogen) atoms. The second-order valence-electron chi connectivity index (χ2n) is 3.51. The Morgan fingerprint density at radius 3 is 2.83 bits per heavy atom. The third-order valence-electron chi connectivity index (χ3n) is 2.25. The second kappa shape index (κ2) is 5.61. The van der Waals surface area contributed by atoms with E-state index in [9.17, 15) is 4.39 Å². The summed E-state index contributed by atoms with van der Waals surface area (Å²) in [7, 11) is 0. The van der Waals surface area contributed by atoms with Crippen molar-refractivity contribution in [3.8, 4) is 11.9 Å². The number of hydrogen-bond donors (Lipinski definition) is 0. The molecule has 2 aromatic rings. The van der Waals surface area contributed by atoms with Gasteiger partial charge >= 0.3 is 0 Å². The molecular weight excluding hydrogens is 299 g/mol. The van der Waals surface area contributed by atoms with Crippen LogP contribution in [-0.4, -0.2) is 4.98 Å². The predicted octanol–water partition coefficient (Wildman–Crippen LogP) is 3.43. The average Bonchev–Trinajstić information content (AvgIpc) is 2.37. The van der Waals surface area contributed by atoms with Crippen LogP contribution in [0.4, 0.5) is 4.39 Å². The average molecular weight is 307 g/mol. The number of hydrogen-bond acceptors (Lipinski definition) is 3. The van der Waals surface area contributed by atoms with Gasteiger partial charge in [-0.15, -0.1) is 0 Å². The van der Waals surface area contributed by atoms with Crippen molar-refractivity contribution in [1.29, 1.82) is 5.26 Å². The summed E-state index contributed by atoms with van der Waals surface area (Å²) in [5.41, 5.74) is 0.674. The van der Waals surface area contributed by atoms with Crippen LogP contribution in [0.3, 0.4) is 0 Å². The maximum Gasteiger partial charge on any atom is 0.214 e. The van der Waals surface area contributed by atoms with Gasteiger partial charge in [0.1, 0.15) is 17.0 Å². The number of ether oxygens (including phenoxy) is 1. The van der Waals surface area contributed by atoms with Crippen LogP contribution < -0.4 is 4.74 Å². The fraction of sp³-hybridized carbons (Fsp3) is 0.0769. The van der Waals surface area contributed by atoms with Crippen LogP contribution in [0.1, 0.15) is 11.1 Å². The Bertz CT molecular complexity index is 610. The van der Waals surface area contributed by atoms with Crippen LogP contribution in [0.5, 0.6) is 5.88 Å². The van der Waals surface area contributed by atoms with E-state index in [2.05, 4.69) is 20.9 Å². The summed E-state index contributed by atoms with van der Waals surface area (Å²) in [4.78, 5) is 4.07. The van der Waals surface area contributed by atoms with Crippen LogP contribution in [0, 0.1) is 17.1 Å². The Morgan fingerprint density at radius 2 is 2.17 bits per heavy atom. The van der Waals surface area contributed by atoms with Gasteiger partial charge in [-0.1, -0.05) is 12.1 Å². The standard InChI is InChI=1S/C13H8BrFN2O/c14-12-2-1-3-13(17-12)18-8-10-5-4-9(7-16)6-11(10)15/h1-6H,8H2. The number of halogens is 2. The molecule has 1 aromatic heterocycles. The van der Waals surface area contributed by atoms with Crippen molar-refractivity contribution in [3.05, 3.63) is 57.9 Å². The zero-order valence-corrected chi connectivity index (χ0v) is 10.8. The lowest BCUT2D eigenvalue weighted by molar-refractivity contribution is 0.287. The molecule has 0 spiro atoms. The van der Waals surface area contributed by atoms with E-state index in [1.807, 2.05) is 6.07 Å². The lowest BCUT2D eigenvalue weighted by atomic mass is 10.1. The van der Waals surface area contributed by atoms with Crippen molar-refractivity contribution in [2.75, 3.05) is 0 Å². The van der Waals surface area contributed by atoms with Gasteiger partial charge in [0.2, 0.25) is 5.88 Å². The van der Waals surface area contributed by atoms with Gasteiger partial charge in [0, 0.05) is 11.6 Å². The van der Waals surface area contributed by atoms with Crippen molar-refractivity contribution >= 4 is 15.9 Å². The highest BCUT2D eigenvalue weighted by Crippen LogP contribution is 2.16. The fourth-order valence-corrected chi connectivity index (χ4v) is 1.68. The first-order valence-corrected chi connectivity index (χ1v) is 5.92. The second-order valence-corrected chi connectivity index (χ2v) is 4.32. The lowest BCUT2D eigenvalue weighted by Gasteiger charge is -2.06. The van der Waals surface area contributed by atoms with Crippen molar-refractivity contribution in [3.63, 3.8) is 0 Å². The molecule has 0 fully saturated rings. The Kier molecular flexibility index (Phi) is 3.90. The minimum atomic E-state index is -0.455. The quantitative estimate of drug-likeness (QED) is 0.816. The first kappa shape index (κ1) is 12.5. The Hall–Kier alpha value is -1.93. The summed E-state index contributed by atoms with van der Waals surface area (Å²) >= 11 is 3.22. The molecule has 0 radical (unpaired) electrons. The lowest BCUT2D eigenvalue weighted by Crippen LogP contribution is -2.00. The van der Waals surface area contributed by atoms with E-state index in [0.717, 1.165) is 0 Å². The molecule has 0 aliphatic carbocycles. The molecule has 0 bridgehead atoms. The van der Waals surface area contributed by atoms with E-state index in [1.165, 1.54) is 12.1 Å². The van der Waals surface area contributed by atoms with E-state index >= 15 is 0 Å². The topological polar surface area (TPSA) is 45.9 Å². The van der Waals surface area contributed by atoms with Crippen LogP contribution in [0.2, 0.25) is 0 Å². The molecule has 1 heterocycles. The zero-order valence-electron chi connectivity index (χ0n) is 9.23. The molecule has 0 atom stereocenters. The van der Waals surface area contributed by atoms with Gasteiger partial charge in [-0.2, -0.15) is 5.26 Å². The van der Waals surface area contributed by atoms with Crippen LogP contribution in [0.15, 0.2) is 41.0 Å². The third-order valence-corrected chi connectivity index (χ3v) is 2.69. The number of pyridine rings is 1. The van der Waals surface area contributed by atoms with Crippen molar-refractivity contribution in [1.82, 2.24) is 4.98 Å². The summed E-state index contributed by atoms with van der Waals surface area (Å²) in [5, 5.41) is 8.63. The smallest absolute Gasteiger partial charge is 0.214 e. The number of benzene rings is 1. The van der Waals surface area contributed by atoms with E-state index in [4.69, 9.17) is 10.00 Å². The van der Waals surface area contributed by atoms with Gasteiger partial charge in [0.25, 0.3) is 0 Å². The Labute approximate surface area is 112 Å². The first-order chi connectivity index (χ1) is 8.69. The molecule has 90 valence electrons. The van der Waals surface area contributed by atoms with E-state index < -0.39 is 5.82 Å². The molecular formula is C13H8BrFN2O. The highest BCUT2D eigenvalue weighted by Gasteiger charge is 2.05. The van der Waals surface area contributed by atoms with Gasteiger partial charge in [0.05, 0.1) is 11.6 Å². The van der Waals surface area contributed by atoms with Gasteiger partial charge in [-0.05, 0) is 34.1 Å². The van der Waals surface area contributed by atoms with Crippen molar-refractivity contribution in [2.45, 2.75) is 6.61 Å². The molecule has 0 aliphatic rings. The van der Waals surface area contributed by atoms with Crippen molar-refractivity contribution < 1.29 is 9.13 Å². The van der Waals surface area contributed by atoms with Gasteiger partial charge in [0.15, 0.2) is 0 Å². The fourth-order valence-electron chi connectivity index (χ4n) is 1.36. The monoisotopic (exact) mass is 306 g/mol. The predicted molar refractivity (Wildman–Crippen MR) is 67.4 cm³/mol. The maximum atomic E-state index is 13.6. The highest BCUT2D eigenvalue weighted by atomic mass is 79.9. The SMILES string of the molecule is N#Cc1ccc(COc2cccc(Br)n2)c(F)c1. The zero-order chi connectivity index (χ0) is 13.0. The molecule has 0 amide bonds. The molecule has 0 saturated heterocycles. The Balaban J connectivity index is 2.09. The molecule has 3 nitrogen and oxygen atoms in total. The van der Waals surface area contributed by atoms with Gasteiger partial charge < -0.3 is 4.74 Å². The molecule has 0 saturated carbocycles.